The van der Waals surface area contributed by atoms with E-state index < -0.39 is 0 Å². The first-order valence-electron chi connectivity index (χ1n) is 11.5. The first-order chi connectivity index (χ1) is 14.5. The smallest absolute Gasteiger partial charge is 0.415 e. The van der Waals surface area contributed by atoms with E-state index in [-0.39, 0.29) is 18.0 Å². The van der Waals surface area contributed by atoms with Crippen molar-refractivity contribution in [2.45, 2.75) is 90.6 Å². The predicted octanol–water partition coefficient (Wildman–Crippen LogP) is 5.44. The molecule has 2 amide bonds. The Kier molecular flexibility index (Phi) is 10.5. The van der Waals surface area contributed by atoms with E-state index in [0.29, 0.717) is 24.5 Å². The maximum Gasteiger partial charge on any atom is 0.415 e. The summed E-state index contributed by atoms with van der Waals surface area (Å²) < 4.78 is 11.0. The Bertz CT molecular complexity index is 677. The van der Waals surface area contributed by atoms with Crippen molar-refractivity contribution < 1.29 is 19.1 Å². The molecule has 1 aliphatic rings. The van der Waals surface area contributed by atoms with Gasteiger partial charge in [-0.2, -0.15) is 0 Å². The first kappa shape index (κ1) is 24.0. The second-order valence-electron chi connectivity index (χ2n) is 8.19. The highest BCUT2D eigenvalue weighted by Gasteiger charge is 2.25. The van der Waals surface area contributed by atoms with Crippen LogP contribution in [-0.4, -0.2) is 36.6 Å². The molecule has 1 aromatic carbocycles. The zero-order valence-corrected chi connectivity index (χ0v) is 18.9. The van der Waals surface area contributed by atoms with E-state index in [0.717, 1.165) is 44.2 Å². The molecule has 0 aromatic heterocycles. The summed E-state index contributed by atoms with van der Waals surface area (Å²) in [6, 6.07) is 5.60. The molecule has 30 heavy (non-hydrogen) atoms. The fraction of sp³-hybridized carbons (Fsp3) is 0.667. The van der Waals surface area contributed by atoms with Gasteiger partial charge in [-0.1, -0.05) is 45.1 Å². The molecular weight excluding hydrogens is 380 g/mol. The largest absolute Gasteiger partial charge is 0.493 e. The average molecular weight is 419 g/mol. The average Bonchev–Trinajstić information content (AvgIpc) is 2.75. The molecule has 1 aliphatic heterocycles. The van der Waals surface area contributed by atoms with E-state index in [2.05, 4.69) is 19.2 Å². The Hall–Kier alpha value is -2.24. The van der Waals surface area contributed by atoms with Gasteiger partial charge in [0.05, 0.1) is 7.11 Å². The summed E-state index contributed by atoms with van der Waals surface area (Å²) in [5.41, 5.74) is 0.911. The highest BCUT2D eigenvalue weighted by atomic mass is 16.6. The second kappa shape index (κ2) is 13.1. The Morgan fingerprint density at radius 2 is 1.87 bits per heavy atom. The number of nitrogens with zero attached hydrogens (tertiary/aromatic N) is 1. The summed E-state index contributed by atoms with van der Waals surface area (Å²) in [4.78, 5) is 26.4. The van der Waals surface area contributed by atoms with E-state index in [4.69, 9.17) is 9.47 Å². The van der Waals surface area contributed by atoms with Crippen LogP contribution in [-0.2, 0) is 11.3 Å². The van der Waals surface area contributed by atoms with Gasteiger partial charge in [0, 0.05) is 25.6 Å². The highest BCUT2D eigenvalue weighted by molar-refractivity contribution is 5.76. The Morgan fingerprint density at radius 3 is 2.60 bits per heavy atom. The van der Waals surface area contributed by atoms with Crippen molar-refractivity contribution in [3.63, 3.8) is 0 Å². The number of likely N-dealkylation sites (tertiary alicyclic amines) is 1. The van der Waals surface area contributed by atoms with E-state index >= 15 is 0 Å². The van der Waals surface area contributed by atoms with E-state index in [1.54, 1.807) is 18.1 Å². The lowest BCUT2D eigenvalue weighted by Gasteiger charge is -2.32. The van der Waals surface area contributed by atoms with Crippen LogP contribution in [0.3, 0.4) is 0 Å². The third-order valence-electron chi connectivity index (χ3n) is 5.71. The van der Waals surface area contributed by atoms with Crippen LogP contribution >= 0.6 is 0 Å². The van der Waals surface area contributed by atoms with Crippen molar-refractivity contribution in [2.75, 3.05) is 13.7 Å². The first-order valence-corrected chi connectivity index (χ1v) is 11.5. The maximum atomic E-state index is 12.5. The van der Waals surface area contributed by atoms with Gasteiger partial charge < -0.3 is 19.7 Å². The van der Waals surface area contributed by atoms with Crippen LogP contribution in [0, 0.1) is 0 Å². The summed E-state index contributed by atoms with van der Waals surface area (Å²) in [5, 5.41) is 2.96. The number of hydrogen-bond donors (Lipinski definition) is 1. The monoisotopic (exact) mass is 418 g/mol. The van der Waals surface area contributed by atoms with Gasteiger partial charge in [-0.25, -0.2) is 4.79 Å². The summed E-state index contributed by atoms with van der Waals surface area (Å²) in [6.07, 6.45) is 10.4. The summed E-state index contributed by atoms with van der Waals surface area (Å²) in [5.74, 6) is 0.970. The quantitative estimate of drug-likeness (QED) is 0.486. The van der Waals surface area contributed by atoms with E-state index in [1.165, 1.54) is 25.7 Å². The van der Waals surface area contributed by atoms with Gasteiger partial charge in [0.2, 0.25) is 5.91 Å². The Balaban J connectivity index is 1.80. The molecule has 1 N–H and O–H groups in total. The van der Waals surface area contributed by atoms with E-state index in [9.17, 15) is 9.59 Å². The molecule has 0 spiro atoms. The highest BCUT2D eigenvalue weighted by Crippen LogP contribution is 2.29. The number of carbonyl (C=O) groups excluding carboxylic acids is 2. The van der Waals surface area contributed by atoms with Crippen LogP contribution in [0.5, 0.6) is 11.5 Å². The van der Waals surface area contributed by atoms with Crippen LogP contribution in [0.1, 0.15) is 83.6 Å². The van der Waals surface area contributed by atoms with Crippen LogP contribution in [0.25, 0.3) is 0 Å². The zero-order chi connectivity index (χ0) is 21.8. The molecular formula is C24H38N2O4. The van der Waals surface area contributed by atoms with Crippen molar-refractivity contribution in [1.29, 1.82) is 0 Å². The van der Waals surface area contributed by atoms with Crippen molar-refractivity contribution >= 4 is 12.0 Å². The number of methoxy groups -OCH3 is 1. The molecule has 168 valence electrons. The lowest BCUT2D eigenvalue weighted by atomic mass is 10.0. The molecule has 1 saturated heterocycles. The fourth-order valence-electron chi connectivity index (χ4n) is 3.78. The predicted molar refractivity (Wildman–Crippen MR) is 119 cm³/mol. The SMILES string of the molecule is CCCCCCCCC(=O)NCc1ccc(OC(=O)N2CCCCC2C)c(OC)c1. The lowest BCUT2D eigenvalue weighted by Crippen LogP contribution is -2.43. The minimum atomic E-state index is -0.333. The van der Waals surface area contributed by atoms with Gasteiger partial charge >= 0.3 is 6.09 Å². The van der Waals surface area contributed by atoms with E-state index in [1.807, 2.05) is 12.1 Å². The fourth-order valence-corrected chi connectivity index (χ4v) is 3.78. The van der Waals surface area contributed by atoms with Crippen molar-refractivity contribution in [3.05, 3.63) is 23.8 Å². The molecule has 0 saturated carbocycles. The van der Waals surface area contributed by atoms with Crippen LogP contribution < -0.4 is 14.8 Å². The van der Waals surface area contributed by atoms with Gasteiger partial charge in [0.1, 0.15) is 0 Å². The maximum absolute atomic E-state index is 12.5. The third kappa shape index (κ3) is 7.88. The summed E-state index contributed by atoms with van der Waals surface area (Å²) >= 11 is 0. The topological polar surface area (TPSA) is 67.9 Å². The van der Waals surface area contributed by atoms with Crippen molar-refractivity contribution in [3.8, 4) is 11.5 Å². The van der Waals surface area contributed by atoms with Gasteiger partial charge in [0.25, 0.3) is 0 Å². The van der Waals surface area contributed by atoms with Gasteiger partial charge in [-0.05, 0) is 50.3 Å². The minimum Gasteiger partial charge on any atom is -0.493 e. The van der Waals surface area contributed by atoms with Crippen LogP contribution in [0.4, 0.5) is 4.79 Å². The number of ether oxygens (including phenoxy) is 2. The zero-order valence-electron chi connectivity index (χ0n) is 18.9. The van der Waals surface area contributed by atoms with Gasteiger partial charge in [-0.3, -0.25) is 4.79 Å². The molecule has 1 fully saturated rings. The lowest BCUT2D eigenvalue weighted by molar-refractivity contribution is -0.121. The number of piperidine rings is 1. The molecule has 2 rings (SSSR count). The Morgan fingerprint density at radius 1 is 1.10 bits per heavy atom. The molecule has 6 heteroatoms. The van der Waals surface area contributed by atoms with Gasteiger partial charge in [0.15, 0.2) is 11.5 Å². The molecule has 1 unspecified atom stereocenters. The number of rotatable bonds is 11. The second-order valence-corrected chi connectivity index (χ2v) is 8.19. The standard InChI is InChI=1S/C24H38N2O4/c1-4-5-6-7-8-9-13-23(27)25-18-20-14-15-21(22(17-20)29-3)30-24(28)26-16-11-10-12-19(26)2/h14-15,17,19H,4-13,16,18H2,1-3H3,(H,25,27). The number of unbranched alkanes of at least 4 members (excludes halogenated alkanes) is 5. The van der Waals surface area contributed by atoms with Crippen molar-refractivity contribution in [2.24, 2.45) is 0 Å². The van der Waals surface area contributed by atoms with Crippen LogP contribution in [0.15, 0.2) is 18.2 Å². The number of benzene rings is 1. The molecule has 1 heterocycles. The summed E-state index contributed by atoms with van der Waals surface area (Å²) in [7, 11) is 1.55. The molecule has 0 bridgehead atoms. The molecule has 1 atom stereocenters. The number of hydrogen-bond acceptors (Lipinski definition) is 4. The van der Waals surface area contributed by atoms with Crippen molar-refractivity contribution in [1.82, 2.24) is 10.2 Å². The Labute approximate surface area is 181 Å². The molecule has 1 aromatic rings. The number of carbonyl (C=O) groups is 2. The molecule has 0 aliphatic carbocycles. The minimum absolute atomic E-state index is 0.0686. The summed E-state index contributed by atoms with van der Waals surface area (Å²) in [6.45, 7) is 5.41. The number of nitrogens with one attached hydrogen (secondary N) is 1. The van der Waals surface area contributed by atoms with Gasteiger partial charge in [-0.15, -0.1) is 0 Å². The molecule has 6 nitrogen and oxygen atoms in total. The van der Waals surface area contributed by atoms with Crippen LogP contribution in [0.2, 0.25) is 0 Å². The number of amides is 2. The normalized spacial score (nSPS) is 16.2. The third-order valence-corrected chi connectivity index (χ3v) is 5.71. The molecule has 0 radical (unpaired) electrons.